The van der Waals surface area contributed by atoms with Crippen molar-refractivity contribution in [2.75, 3.05) is 0 Å². The quantitative estimate of drug-likeness (QED) is 0.497. The zero-order valence-electron chi connectivity index (χ0n) is 14.9. The zero-order valence-corrected chi connectivity index (χ0v) is 14.9. The molecule has 0 aliphatic heterocycles. The van der Waals surface area contributed by atoms with Crippen LogP contribution in [0.25, 0.3) is 0 Å². The molecule has 0 bridgehead atoms. The van der Waals surface area contributed by atoms with Crippen molar-refractivity contribution in [1.82, 2.24) is 0 Å². The first kappa shape index (κ1) is 22.8. The van der Waals surface area contributed by atoms with E-state index in [1.165, 1.54) is 25.0 Å². The largest absolute Gasteiger partial charge is 0.292 e. The van der Waals surface area contributed by atoms with Gasteiger partial charge < -0.3 is 0 Å². The minimum atomic E-state index is 0.428. The van der Waals surface area contributed by atoms with Crippen molar-refractivity contribution in [1.29, 1.82) is 0 Å². The molecule has 0 spiro atoms. The van der Waals surface area contributed by atoms with Gasteiger partial charge in [-0.3, -0.25) is 4.99 Å². The highest BCUT2D eigenvalue weighted by Gasteiger charge is 2.17. The Bertz CT molecular complexity index is 178. The Morgan fingerprint density at radius 3 is 1.72 bits per heavy atom. The number of nitrogens with zero attached hydrogens (tertiary/aromatic N) is 1. The second-order valence-electron chi connectivity index (χ2n) is 5.76. The molecule has 1 nitrogen and oxygen atoms in total. The van der Waals surface area contributed by atoms with Gasteiger partial charge in [0.2, 0.25) is 0 Å². The summed E-state index contributed by atoms with van der Waals surface area (Å²) in [6, 6.07) is 0.442. The Balaban J connectivity index is -0.000000389. The molecule has 0 fully saturated rings. The number of rotatable bonds is 5. The minimum absolute atomic E-state index is 0.428. The third kappa shape index (κ3) is 21.0. The standard InChI is InChI=1S/C12H25N.C3H8.C2H6/c1-7-8-12(5,6)9-11(4)13-10(2)3;1-3-2;1-2/h10H,7-9H2,1-6H3;3H2,1-2H3;1-2H3. The van der Waals surface area contributed by atoms with Crippen molar-refractivity contribution < 1.29 is 0 Å². The lowest BCUT2D eigenvalue weighted by Crippen LogP contribution is -2.16. The van der Waals surface area contributed by atoms with Gasteiger partial charge in [-0.05, 0) is 39.0 Å². The second kappa shape index (κ2) is 14.7. The highest BCUT2D eigenvalue weighted by molar-refractivity contribution is 5.82. The Morgan fingerprint density at radius 2 is 1.44 bits per heavy atom. The number of aliphatic imine (C=N–C) groups is 1. The highest BCUT2D eigenvalue weighted by Crippen LogP contribution is 2.27. The molecule has 0 N–H and O–H groups in total. The van der Waals surface area contributed by atoms with Crippen LogP contribution in [0.5, 0.6) is 0 Å². The molecular formula is C17H39N. The third-order valence-electron chi connectivity index (χ3n) is 2.14. The first-order valence-corrected chi connectivity index (χ1v) is 7.82. The second-order valence-corrected chi connectivity index (χ2v) is 5.76. The van der Waals surface area contributed by atoms with Gasteiger partial charge in [0, 0.05) is 11.8 Å². The highest BCUT2D eigenvalue weighted by atomic mass is 14.8. The maximum atomic E-state index is 4.56. The van der Waals surface area contributed by atoms with Crippen molar-refractivity contribution in [2.24, 2.45) is 10.4 Å². The third-order valence-corrected chi connectivity index (χ3v) is 2.14. The van der Waals surface area contributed by atoms with E-state index in [0.717, 1.165) is 6.42 Å². The molecule has 0 amide bonds. The Labute approximate surface area is 117 Å². The van der Waals surface area contributed by atoms with Gasteiger partial charge in [-0.2, -0.15) is 0 Å². The summed E-state index contributed by atoms with van der Waals surface area (Å²) in [7, 11) is 0. The minimum Gasteiger partial charge on any atom is -0.292 e. The molecule has 0 radical (unpaired) electrons. The van der Waals surface area contributed by atoms with E-state index in [1.807, 2.05) is 13.8 Å². The van der Waals surface area contributed by atoms with Crippen molar-refractivity contribution in [3.63, 3.8) is 0 Å². The van der Waals surface area contributed by atoms with Gasteiger partial charge in [-0.1, -0.05) is 61.3 Å². The molecule has 0 unspecified atom stereocenters. The molecule has 0 heterocycles. The summed E-state index contributed by atoms with van der Waals surface area (Å²) in [6.07, 6.45) is 4.94. The van der Waals surface area contributed by atoms with E-state index in [0.29, 0.717) is 11.5 Å². The van der Waals surface area contributed by atoms with Crippen LogP contribution in [0.4, 0.5) is 0 Å². The normalized spacial score (nSPS) is 11.4. The van der Waals surface area contributed by atoms with E-state index in [1.54, 1.807) is 0 Å². The van der Waals surface area contributed by atoms with Crippen LogP contribution in [0.3, 0.4) is 0 Å². The zero-order chi connectivity index (χ0) is 15.2. The smallest absolute Gasteiger partial charge is 0.0442 e. The van der Waals surface area contributed by atoms with Crippen LogP contribution >= 0.6 is 0 Å². The summed E-state index contributed by atoms with van der Waals surface area (Å²) in [6.45, 7) is 21.6. The van der Waals surface area contributed by atoms with Crippen molar-refractivity contribution >= 4 is 5.71 Å². The molecular weight excluding hydrogens is 218 g/mol. The van der Waals surface area contributed by atoms with Gasteiger partial charge in [0.05, 0.1) is 0 Å². The molecule has 18 heavy (non-hydrogen) atoms. The van der Waals surface area contributed by atoms with Crippen molar-refractivity contribution in [3.05, 3.63) is 0 Å². The topological polar surface area (TPSA) is 12.4 Å². The fourth-order valence-corrected chi connectivity index (χ4v) is 1.94. The maximum absolute atomic E-state index is 4.56. The van der Waals surface area contributed by atoms with Crippen LogP contribution in [-0.2, 0) is 0 Å². The molecule has 0 aromatic carbocycles. The first-order chi connectivity index (χ1) is 8.29. The van der Waals surface area contributed by atoms with Crippen LogP contribution in [0.15, 0.2) is 4.99 Å². The van der Waals surface area contributed by atoms with Gasteiger partial charge in [0.1, 0.15) is 0 Å². The predicted molar refractivity (Wildman–Crippen MR) is 88.9 cm³/mol. The lowest BCUT2D eigenvalue weighted by molar-refractivity contribution is 0.345. The molecule has 0 saturated carbocycles. The van der Waals surface area contributed by atoms with E-state index < -0.39 is 0 Å². The summed E-state index contributed by atoms with van der Waals surface area (Å²) >= 11 is 0. The average molecular weight is 258 g/mol. The molecule has 0 rings (SSSR count). The summed E-state index contributed by atoms with van der Waals surface area (Å²) in [5.74, 6) is 0. The van der Waals surface area contributed by atoms with Gasteiger partial charge >= 0.3 is 0 Å². The lowest BCUT2D eigenvalue weighted by Gasteiger charge is -2.23. The van der Waals surface area contributed by atoms with Crippen LogP contribution < -0.4 is 0 Å². The van der Waals surface area contributed by atoms with Crippen LogP contribution in [-0.4, -0.2) is 11.8 Å². The van der Waals surface area contributed by atoms with Gasteiger partial charge in [-0.25, -0.2) is 0 Å². The van der Waals surface area contributed by atoms with Crippen LogP contribution in [0.1, 0.15) is 94.9 Å². The fraction of sp³-hybridized carbons (Fsp3) is 0.941. The molecule has 112 valence electrons. The Hall–Kier alpha value is -0.330. The van der Waals surface area contributed by atoms with Gasteiger partial charge in [0.15, 0.2) is 0 Å². The van der Waals surface area contributed by atoms with Crippen molar-refractivity contribution in [3.8, 4) is 0 Å². The van der Waals surface area contributed by atoms with E-state index in [2.05, 4.69) is 60.4 Å². The molecule has 0 aromatic rings. The SMILES string of the molecule is CC.CCC.CCCC(C)(C)CC(C)=NC(C)C. The fourth-order valence-electron chi connectivity index (χ4n) is 1.94. The van der Waals surface area contributed by atoms with E-state index in [4.69, 9.17) is 0 Å². The summed E-state index contributed by atoms with van der Waals surface area (Å²) in [5.41, 5.74) is 1.73. The molecule has 0 aliphatic carbocycles. The Kier molecular flexibility index (Phi) is 18.7. The van der Waals surface area contributed by atoms with Gasteiger partial charge in [0.25, 0.3) is 0 Å². The lowest BCUT2D eigenvalue weighted by atomic mass is 9.83. The molecule has 0 saturated heterocycles. The monoisotopic (exact) mass is 257 g/mol. The summed E-state index contributed by atoms with van der Waals surface area (Å²) in [5, 5.41) is 0. The van der Waals surface area contributed by atoms with E-state index in [-0.39, 0.29) is 0 Å². The van der Waals surface area contributed by atoms with Crippen LogP contribution in [0.2, 0.25) is 0 Å². The Morgan fingerprint density at radius 1 is 1.06 bits per heavy atom. The first-order valence-electron chi connectivity index (χ1n) is 7.82. The van der Waals surface area contributed by atoms with E-state index >= 15 is 0 Å². The predicted octanol–water partition coefficient (Wildman–Crippen LogP) is 6.51. The number of hydrogen-bond acceptors (Lipinski definition) is 1. The maximum Gasteiger partial charge on any atom is 0.0442 e. The summed E-state index contributed by atoms with van der Waals surface area (Å²) < 4.78 is 0. The molecule has 1 heteroatoms. The summed E-state index contributed by atoms with van der Waals surface area (Å²) in [4.78, 5) is 4.56. The van der Waals surface area contributed by atoms with Gasteiger partial charge in [-0.15, -0.1) is 0 Å². The molecule has 0 aromatic heterocycles. The van der Waals surface area contributed by atoms with E-state index in [9.17, 15) is 0 Å². The average Bonchev–Trinajstić information content (AvgIpc) is 2.19. The van der Waals surface area contributed by atoms with Crippen LogP contribution in [0, 0.1) is 5.41 Å². The molecule has 0 atom stereocenters. The number of hydrogen-bond donors (Lipinski definition) is 0. The van der Waals surface area contributed by atoms with Crippen molar-refractivity contribution in [2.45, 2.75) is 101 Å². The molecule has 0 aliphatic rings.